The lowest BCUT2D eigenvalue weighted by Crippen LogP contribution is -2.53. The Kier molecular flexibility index (Phi) is 4.43. The summed E-state index contributed by atoms with van der Waals surface area (Å²) >= 11 is 0. The normalized spacial score (nSPS) is 28.4. The van der Waals surface area contributed by atoms with Gasteiger partial charge in [-0.2, -0.15) is 0 Å². The molecule has 110 valence electrons. The Hall–Kier alpha value is -0.320. The number of halogens is 1. The van der Waals surface area contributed by atoms with E-state index in [1.165, 1.54) is 0 Å². The van der Waals surface area contributed by atoms with E-state index >= 15 is 0 Å². The quantitative estimate of drug-likeness (QED) is 0.799. The van der Waals surface area contributed by atoms with Gasteiger partial charge < -0.3 is 15.4 Å². The monoisotopic (exact) mass is 288 g/mol. The summed E-state index contributed by atoms with van der Waals surface area (Å²) in [7, 11) is 0. The number of hydrogen-bond donors (Lipinski definition) is 1. The molecule has 1 saturated carbocycles. The summed E-state index contributed by atoms with van der Waals surface area (Å²) in [5.74, 6) is 0.211. The van der Waals surface area contributed by atoms with Gasteiger partial charge in [-0.25, -0.2) is 0 Å². The Morgan fingerprint density at radius 3 is 2.32 bits per heavy atom. The third kappa shape index (κ3) is 2.76. The van der Waals surface area contributed by atoms with Gasteiger partial charge >= 0.3 is 0 Å². The van der Waals surface area contributed by atoms with Crippen LogP contribution in [0.5, 0.6) is 0 Å². The Morgan fingerprint density at radius 2 is 1.68 bits per heavy atom. The van der Waals surface area contributed by atoms with Gasteiger partial charge in [0.25, 0.3) is 0 Å². The fraction of sp³-hybridized carbons (Fsp3) is 0.929. The van der Waals surface area contributed by atoms with Crippen LogP contribution in [0.4, 0.5) is 0 Å². The molecule has 3 aliphatic rings. The molecule has 1 spiro atoms. The number of carbonyl (C=O) groups is 1. The van der Waals surface area contributed by atoms with Crippen LogP contribution in [0.2, 0.25) is 0 Å². The average molecular weight is 289 g/mol. The maximum atomic E-state index is 12.6. The van der Waals surface area contributed by atoms with Crippen molar-refractivity contribution in [3.05, 3.63) is 0 Å². The fourth-order valence-corrected chi connectivity index (χ4v) is 3.86. The van der Waals surface area contributed by atoms with Crippen molar-refractivity contribution >= 4 is 18.3 Å². The molecule has 3 fully saturated rings. The Morgan fingerprint density at radius 1 is 1.05 bits per heavy atom. The summed E-state index contributed by atoms with van der Waals surface area (Å²) in [5.41, 5.74) is 6.08. The lowest BCUT2D eigenvalue weighted by Gasteiger charge is -2.34. The fourth-order valence-electron chi connectivity index (χ4n) is 3.86. The van der Waals surface area contributed by atoms with Gasteiger partial charge in [0.2, 0.25) is 5.91 Å². The minimum atomic E-state index is -0.545. The molecule has 0 unspecified atom stereocenters. The van der Waals surface area contributed by atoms with Crippen molar-refractivity contribution < 1.29 is 9.53 Å². The molecular weight excluding hydrogens is 264 g/mol. The third-order valence-electron chi connectivity index (χ3n) is 5.20. The van der Waals surface area contributed by atoms with E-state index in [0.29, 0.717) is 5.41 Å². The van der Waals surface area contributed by atoms with Crippen molar-refractivity contribution in [2.24, 2.45) is 11.1 Å². The second kappa shape index (κ2) is 5.58. The lowest BCUT2D eigenvalue weighted by atomic mass is 9.79. The maximum absolute atomic E-state index is 12.6. The number of nitrogens with zero attached hydrogens (tertiary/aromatic N) is 1. The standard InChI is InChI=1S/C14H24N2O2.ClH/c15-14(3-1-2-4-14)12(17)16-8-5-13(11-16)6-9-18-10-7-13;/h1-11,15H2;1H. The van der Waals surface area contributed by atoms with Crippen molar-refractivity contribution in [1.29, 1.82) is 0 Å². The van der Waals surface area contributed by atoms with Gasteiger partial charge in [-0.15, -0.1) is 12.4 Å². The molecule has 19 heavy (non-hydrogen) atoms. The first-order valence-corrected chi connectivity index (χ1v) is 7.30. The van der Waals surface area contributed by atoms with Gasteiger partial charge in [-0.1, -0.05) is 12.8 Å². The van der Waals surface area contributed by atoms with Gasteiger partial charge in [-0.05, 0) is 37.5 Å². The average Bonchev–Trinajstić information content (AvgIpc) is 2.98. The van der Waals surface area contributed by atoms with Crippen molar-refractivity contribution in [2.45, 2.75) is 50.5 Å². The first-order chi connectivity index (χ1) is 8.64. The van der Waals surface area contributed by atoms with E-state index in [4.69, 9.17) is 10.5 Å². The van der Waals surface area contributed by atoms with Gasteiger partial charge in [0.15, 0.2) is 0 Å². The maximum Gasteiger partial charge on any atom is 0.242 e. The van der Waals surface area contributed by atoms with Gasteiger partial charge in [-0.3, -0.25) is 4.79 Å². The molecule has 0 aromatic rings. The SMILES string of the molecule is Cl.NC1(C(=O)N2CCC3(CCOCC3)C2)CCCC1. The zero-order chi connectivity index (χ0) is 12.6. The molecular formula is C14H25ClN2O2. The van der Waals surface area contributed by atoms with E-state index < -0.39 is 5.54 Å². The van der Waals surface area contributed by atoms with Crippen LogP contribution in [0.15, 0.2) is 0 Å². The van der Waals surface area contributed by atoms with Gasteiger partial charge in [0, 0.05) is 26.3 Å². The zero-order valence-electron chi connectivity index (χ0n) is 11.5. The van der Waals surface area contributed by atoms with Crippen molar-refractivity contribution in [2.75, 3.05) is 26.3 Å². The van der Waals surface area contributed by atoms with Gasteiger partial charge in [0.05, 0.1) is 5.54 Å². The van der Waals surface area contributed by atoms with Crippen LogP contribution in [0.3, 0.4) is 0 Å². The lowest BCUT2D eigenvalue weighted by molar-refractivity contribution is -0.136. The molecule has 4 nitrogen and oxygen atoms in total. The van der Waals surface area contributed by atoms with Crippen molar-refractivity contribution in [1.82, 2.24) is 4.90 Å². The number of rotatable bonds is 1. The van der Waals surface area contributed by atoms with Crippen LogP contribution in [0, 0.1) is 5.41 Å². The number of hydrogen-bond acceptors (Lipinski definition) is 3. The summed E-state index contributed by atoms with van der Waals surface area (Å²) in [4.78, 5) is 14.6. The first-order valence-electron chi connectivity index (χ1n) is 7.30. The van der Waals surface area contributed by atoms with Crippen LogP contribution in [-0.4, -0.2) is 42.6 Å². The van der Waals surface area contributed by atoms with Crippen LogP contribution in [-0.2, 0) is 9.53 Å². The van der Waals surface area contributed by atoms with E-state index in [-0.39, 0.29) is 18.3 Å². The molecule has 1 aliphatic carbocycles. The number of carbonyl (C=O) groups excluding carboxylic acids is 1. The molecule has 0 aromatic carbocycles. The smallest absolute Gasteiger partial charge is 0.242 e. The summed E-state index contributed by atoms with van der Waals surface area (Å²) in [6.45, 7) is 3.53. The highest BCUT2D eigenvalue weighted by atomic mass is 35.5. The predicted octanol–water partition coefficient (Wildman–Crippen LogP) is 1.71. The molecule has 0 aromatic heterocycles. The summed E-state index contributed by atoms with van der Waals surface area (Å²) < 4.78 is 5.44. The molecule has 0 atom stereocenters. The molecule has 2 saturated heterocycles. The van der Waals surface area contributed by atoms with E-state index in [0.717, 1.165) is 71.2 Å². The molecule has 3 rings (SSSR count). The van der Waals surface area contributed by atoms with E-state index in [1.54, 1.807) is 0 Å². The molecule has 2 aliphatic heterocycles. The number of likely N-dealkylation sites (tertiary alicyclic amines) is 1. The molecule has 0 bridgehead atoms. The summed E-state index contributed by atoms with van der Waals surface area (Å²) in [6, 6.07) is 0. The number of amides is 1. The Labute approximate surface area is 121 Å². The number of nitrogens with two attached hydrogens (primary N) is 1. The predicted molar refractivity (Wildman–Crippen MR) is 76.3 cm³/mol. The number of ether oxygens (including phenoxy) is 1. The Bertz CT molecular complexity index is 336. The second-order valence-corrected chi connectivity index (χ2v) is 6.45. The summed E-state index contributed by atoms with van der Waals surface area (Å²) in [5, 5.41) is 0. The minimum absolute atomic E-state index is 0. The summed E-state index contributed by atoms with van der Waals surface area (Å²) in [6.07, 6.45) is 7.31. The second-order valence-electron chi connectivity index (χ2n) is 6.45. The third-order valence-corrected chi connectivity index (χ3v) is 5.20. The minimum Gasteiger partial charge on any atom is -0.381 e. The molecule has 2 heterocycles. The van der Waals surface area contributed by atoms with Crippen LogP contribution < -0.4 is 5.73 Å². The van der Waals surface area contributed by atoms with E-state index in [2.05, 4.69) is 0 Å². The zero-order valence-corrected chi connectivity index (χ0v) is 12.3. The van der Waals surface area contributed by atoms with Crippen LogP contribution in [0.25, 0.3) is 0 Å². The highest BCUT2D eigenvalue weighted by Crippen LogP contribution is 2.41. The van der Waals surface area contributed by atoms with Crippen molar-refractivity contribution in [3.8, 4) is 0 Å². The molecule has 1 amide bonds. The highest BCUT2D eigenvalue weighted by Gasteiger charge is 2.46. The topological polar surface area (TPSA) is 55.6 Å². The first kappa shape index (κ1) is 15.1. The highest BCUT2D eigenvalue weighted by molar-refractivity contribution is 5.86. The van der Waals surface area contributed by atoms with Crippen molar-refractivity contribution in [3.63, 3.8) is 0 Å². The van der Waals surface area contributed by atoms with E-state index in [1.807, 2.05) is 4.90 Å². The van der Waals surface area contributed by atoms with E-state index in [9.17, 15) is 4.79 Å². The molecule has 2 N–H and O–H groups in total. The van der Waals surface area contributed by atoms with Crippen LogP contribution in [0.1, 0.15) is 44.9 Å². The molecule has 0 radical (unpaired) electrons. The molecule has 5 heteroatoms. The largest absolute Gasteiger partial charge is 0.381 e. The van der Waals surface area contributed by atoms with Crippen LogP contribution >= 0.6 is 12.4 Å². The van der Waals surface area contributed by atoms with Gasteiger partial charge in [0.1, 0.15) is 0 Å². The Balaban J connectivity index is 0.00000133.